The summed E-state index contributed by atoms with van der Waals surface area (Å²) in [7, 11) is 0. The van der Waals surface area contributed by atoms with Crippen molar-refractivity contribution in [1.29, 1.82) is 0 Å². The van der Waals surface area contributed by atoms with Gasteiger partial charge in [-0.1, -0.05) is 6.07 Å². The molecule has 0 aliphatic carbocycles. The molecule has 0 fully saturated rings. The molecule has 6 heteroatoms. The van der Waals surface area contributed by atoms with E-state index in [1.54, 1.807) is 30.3 Å². The maximum Gasteiger partial charge on any atom is 0.261 e. The van der Waals surface area contributed by atoms with Gasteiger partial charge < -0.3 is 15.1 Å². The van der Waals surface area contributed by atoms with E-state index in [1.807, 2.05) is 0 Å². The molecule has 0 aliphatic rings. The number of carbonyl (C=O) groups excluding carboxylic acids is 2. The largest absolute Gasteiger partial charge is 0.395 e. The van der Waals surface area contributed by atoms with Crippen LogP contribution in [0.1, 0.15) is 5.69 Å². The third-order valence-electron chi connectivity index (χ3n) is 2.49. The summed E-state index contributed by atoms with van der Waals surface area (Å²) in [6, 6.07) is 5.20. The van der Waals surface area contributed by atoms with Crippen molar-refractivity contribution in [3.63, 3.8) is 0 Å². The van der Waals surface area contributed by atoms with Crippen molar-refractivity contribution in [3.05, 3.63) is 35.7 Å². The first kappa shape index (κ1) is 15.0. The lowest BCUT2D eigenvalue weighted by atomic mass is 10.1. The maximum absolute atomic E-state index is 12.0. The highest BCUT2D eigenvalue weighted by Crippen LogP contribution is 2.06. The molecule has 0 unspecified atom stereocenters. The highest BCUT2D eigenvalue weighted by molar-refractivity contribution is 6.01. The molecule has 6 nitrogen and oxygen atoms in total. The van der Waals surface area contributed by atoms with Gasteiger partial charge in [-0.3, -0.25) is 9.78 Å². The molecule has 0 spiro atoms. The van der Waals surface area contributed by atoms with E-state index < -0.39 is 5.91 Å². The molecule has 1 heterocycles. The number of rotatable bonds is 7. The molecule has 2 N–H and O–H groups in total. The van der Waals surface area contributed by atoms with Crippen LogP contribution in [0.25, 0.3) is 0 Å². The number of aliphatic hydroxyl groups is 2. The normalized spacial score (nSPS) is 9.79. The van der Waals surface area contributed by atoms with Crippen molar-refractivity contribution in [2.75, 3.05) is 26.3 Å². The summed E-state index contributed by atoms with van der Waals surface area (Å²) in [6.07, 6.45) is 1.65. The number of pyridine rings is 1. The Morgan fingerprint density at radius 2 is 1.95 bits per heavy atom. The molecule has 1 aromatic rings. The van der Waals surface area contributed by atoms with E-state index >= 15 is 0 Å². The van der Waals surface area contributed by atoms with Crippen LogP contribution in [-0.4, -0.2) is 58.2 Å². The predicted octanol–water partition coefficient (Wildman–Crippen LogP) is -0.805. The Morgan fingerprint density at radius 1 is 1.26 bits per heavy atom. The van der Waals surface area contributed by atoms with Crippen molar-refractivity contribution in [3.8, 4) is 0 Å². The quantitative estimate of drug-likeness (QED) is 0.497. The molecule has 0 aromatic carbocycles. The minimum Gasteiger partial charge on any atom is -0.395 e. The van der Waals surface area contributed by atoms with Crippen molar-refractivity contribution in [1.82, 2.24) is 9.88 Å². The van der Waals surface area contributed by atoms with Gasteiger partial charge in [-0.05, 0) is 12.1 Å². The van der Waals surface area contributed by atoms with Gasteiger partial charge in [0.15, 0.2) is 0 Å². The van der Waals surface area contributed by atoms with Crippen LogP contribution in [0.5, 0.6) is 0 Å². The predicted molar refractivity (Wildman–Crippen MR) is 67.9 cm³/mol. The van der Waals surface area contributed by atoms with Gasteiger partial charge in [-0.25, -0.2) is 4.79 Å². The van der Waals surface area contributed by atoms with Gasteiger partial charge in [0.1, 0.15) is 11.5 Å². The highest BCUT2D eigenvalue weighted by atomic mass is 16.3. The molecule has 1 rings (SSSR count). The Bertz CT molecular complexity index is 449. The zero-order chi connectivity index (χ0) is 14.1. The standard InChI is InChI=1S/C13H16N2O4/c16-7-5-15(6-8-17)13(19)11(10-18)9-12-3-1-2-4-14-12/h1-4,16-17H,5-9H2. The van der Waals surface area contributed by atoms with E-state index in [4.69, 9.17) is 10.2 Å². The van der Waals surface area contributed by atoms with Crippen LogP contribution in [-0.2, 0) is 16.0 Å². The lowest BCUT2D eigenvalue weighted by Crippen LogP contribution is -2.37. The zero-order valence-electron chi connectivity index (χ0n) is 10.5. The molecule has 0 saturated heterocycles. The zero-order valence-corrected chi connectivity index (χ0v) is 10.5. The number of amides is 1. The summed E-state index contributed by atoms with van der Waals surface area (Å²) in [5.74, 6) is 1.08. The van der Waals surface area contributed by atoms with E-state index in [2.05, 4.69) is 4.98 Å². The Morgan fingerprint density at radius 3 is 2.42 bits per heavy atom. The number of nitrogens with zero attached hydrogens (tertiary/aromatic N) is 2. The Hall–Kier alpha value is -2.01. The topological polar surface area (TPSA) is 90.7 Å². The van der Waals surface area contributed by atoms with Crippen molar-refractivity contribution < 1.29 is 19.8 Å². The van der Waals surface area contributed by atoms with Crippen LogP contribution in [0.2, 0.25) is 0 Å². The molecule has 0 radical (unpaired) electrons. The van der Waals surface area contributed by atoms with Crippen LogP contribution < -0.4 is 0 Å². The Labute approximate surface area is 111 Å². The molecule has 0 aliphatic heterocycles. The van der Waals surface area contributed by atoms with Gasteiger partial charge in [-0.15, -0.1) is 0 Å². The minimum absolute atomic E-state index is 0.0623. The second kappa shape index (κ2) is 8.16. The minimum atomic E-state index is -0.538. The fraction of sp³-hybridized carbons (Fsp3) is 0.385. The third-order valence-corrected chi connectivity index (χ3v) is 2.49. The Kier molecular flexibility index (Phi) is 6.46. The van der Waals surface area contributed by atoms with Crippen molar-refractivity contribution in [2.24, 2.45) is 0 Å². The van der Waals surface area contributed by atoms with E-state index in [1.165, 1.54) is 4.90 Å². The first-order chi connectivity index (χ1) is 9.22. The van der Waals surface area contributed by atoms with Crippen molar-refractivity contribution >= 4 is 11.8 Å². The van der Waals surface area contributed by atoms with Gasteiger partial charge in [0.05, 0.1) is 13.2 Å². The fourth-order valence-electron chi connectivity index (χ4n) is 1.59. The number of aliphatic hydroxyl groups excluding tert-OH is 2. The number of aromatic nitrogens is 1. The molecular formula is C13H16N2O4. The number of hydrogen-bond acceptors (Lipinski definition) is 5. The smallest absolute Gasteiger partial charge is 0.261 e. The Balaban J connectivity index is 2.79. The second-order valence-electron chi connectivity index (χ2n) is 3.82. The summed E-state index contributed by atoms with van der Waals surface area (Å²) >= 11 is 0. The molecular weight excluding hydrogens is 248 g/mol. The van der Waals surface area contributed by atoms with Crippen LogP contribution >= 0.6 is 0 Å². The second-order valence-corrected chi connectivity index (χ2v) is 3.82. The summed E-state index contributed by atoms with van der Waals surface area (Å²) in [4.78, 5) is 28.2. The van der Waals surface area contributed by atoms with Crippen molar-refractivity contribution in [2.45, 2.75) is 6.42 Å². The van der Waals surface area contributed by atoms with Crippen LogP contribution in [0.3, 0.4) is 0 Å². The van der Waals surface area contributed by atoms with E-state index in [0.717, 1.165) is 0 Å². The van der Waals surface area contributed by atoms with Gasteiger partial charge in [0, 0.05) is 31.4 Å². The molecule has 102 valence electrons. The molecule has 0 saturated carbocycles. The van der Waals surface area contributed by atoms with Crippen LogP contribution in [0.15, 0.2) is 30.0 Å². The number of hydrogen-bond donors (Lipinski definition) is 2. The van der Waals surface area contributed by atoms with Crippen LogP contribution in [0.4, 0.5) is 0 Å². The van der Waals surface area contributed by atoms with Gasteiger partial charge >= 0.3 is 0 Å². The monoisotopic (exact) mass is 264 g/mol. The first-order valence-corrected chi connectivity index (χ1v) is 5.87. The van der Waals surface area contributed by atoms with E-state index in [0.29, 0.717) is 5.69 Å². The molecule has 1 amide bonds. The summed E-state index contributed by atoms with van der Waals surface area (Å²) in [5.41, 5.74) is 0.516. The summed E-state index contributed by atoms with van der Waals surface area (Å²) in [6.45, 7) is -0.345. The maximum atomic E-state index is 12.0. The van der Waals surface area contributed by atoms with E-state index in [-0.39, 0.29) is 38.3 Å². The average Bonchev–Trinajstić information content (AvgIpc) is 2.45. The average molecular weight is 264 g/mol. The molecule has 0 bridgehead atoms. The number of carbonyl (C=O) groups is 1. The SMILES string of the molecule is O=C=C(Cc1ccccn1)C(=O)N(CCO)CCO. The molecule has 1 aromatic heterocycles. The lowest BCUT2D eigenvalue weighted by Gasteiger charge is -2.20. The summed E-state index contributed by atoms with van der Waals surface area (Å²) < 4.78 is 0. The molecule has 19 heavy (non-hydrogen) atoms. The summed E-state index contributed by atoms with van der Waals surface area (Å²) in [5, 5.41) is 17.7. The lowest BCUT2D eigenvalue weighted by molar-refractivity contribution is -0.128. The highest BCUT2D eigenvalue weighted by Gasteiger charge is 2.19. The fourth-order valence-corrected chi connectivity index (χ4v) is 1.59. The molecule has 0 atom stereocenters. The third kappa shape index (κ3) is 4.63. The van der Waals surface area contributed by atoms with E-state index in [9.17, 15) is 9.59 Å². The van der Waals surface area contributed by atoms with Gasteiger partial charge in [0.2, 0.25) is 0 Å². The van der Waals surface area contributed by atoms with Gasteiger partial charge in [0.25, 0.3) is 5.91 Å². The van der Waals surface area contributed by atoms with Gasteiger partial charge in [-0.2, -0.15) is 0 Å². The van der Waals surface area contributed by atoms with Crippen LogP contribution in [0, 0.1) is 0 Å². The first-order valence-electron chi connectivity index (χ1n) is 5.87.